The normalized spacial score (nSPS) is 12.1. The first-order valence-electron chi connectivity index (χ1n) is 7.04. The maximum atomic E-state index is 12.2. The molecule has 0 aliphatic rings. The summed E-state index contributed by atoms with van der Waals surface area (Å²) in [5, 5.41) is 3.87. The fourth-order valence-corrected chi connectivity index (χ4v) is 1.95. The van der Waals surface area contributed by atoms with Gasteiger partial charge in [-0.3, -0.25) is 4.90 Å². The fourth-order valence-electron chi connectivity index (χ4n) is 1.95. The van der Waals surface area contributed by atoms with E-state index in [1.165, 1.54) is 10.5 Å². The maximum absolute atomic E-state index is 12.2. The van der Waals surface area contributed by atoms with Crippen LogP contribution in [0.2, 0.25) is 0 Å². The average Bonchev–Trinajstić information content (AvgIpc) is 2.93. The van der Waals surface area contributed by atoms with Crippen molar-refractivity contribution in [2.24, 2.45) is 0 Å². The minimum Gasteiger partial charge on any atom is -0.338 e. The van der Waals surface area contributed by atoms with E-state index < -0.39 is 12.6 Å². The number of aromatic nitrogens is 2. The Morgan fingerprint density at radius 3 is 2.45 bits per heavy atom. The van der Waals surface area contributed by atoms with Crippen LogP contribution in [0.1, 0.15) is 24.8 Å². The quantitative estimate of drug-likeness (QED) is 0.816. The van der Waals surface area contributed by atoms with E-state index in [0.29, 0.717) is 11.7 Å². The van der Waals surface area contributed by atoms with Crippen molar-refractivity contribution < 1.29 is 17.7 Å². The summed E-state index contributed by atoms with van der Waals surface area (Å²) in [5.74, 6) is 0.751. The highest BCUT2D eigenvalue weighted by Crippen LogP contribution is 2.20. The first kappa shape index (κ1) is 16.5. The van der Waals surface area contributed by atoms with Gasteiger partial charge >= 0.3 is 6.18 Å². The van der Waals surface area contributed by atoms with Gasteiger partial charge in [-0.25, -0.2) is 0 Å². The lowest BCUT2D eigenvalue weighted by Crippen LogP contribution is -2.24. The lowest BCUT2D eigenvalue weighted by atomic mass is 10.1. The van der Waals surface area contributed by atoms with Crippen LogP contribution in [0.25, 0.3) is 11.4 Å². The van der Waals surface area contributed by atoms with Crippen molar-refractivity contribution in [1.82, 2.24) is 15.0 Å². The number of benzene rings is 1. The Morgan fingerprint density at radius 2 is 1.86 bits per heavy atom. The number of rotatable bonds is 6. The van der Waals surface area contributed by atoms with E-state index in [4.69, 9.17) is 4.52 Å². The van der Waals surface area contributed by atoms with Gasteiger partial charge in [0.25, 0.3) is 0 Å². The highest BCUT2D eigenvalue weighted by atomic mass is 19.4. The summed E-state index contributed by atoms with van der Waals surface area (Å²) in [4.78, 5) is 5.72. The molecule has 120 valence electrons. The molecule has 0 saturated carbocycles. The van der Waals surface area contributed by atoms with Crippen molar-refractivity contribution in [2.75, 3.05) is 13.6 Å². The van der Waals surface area contributed by atoms with E-state index in [0.717, 1.165) is 12.0 Å². The van der Waals surface area contributed by atoms with Gasteiger partial charge < -0.3 is 4.52 Å². The third-order valence-corrected chi connectivity index (χ3v) is 3.27. The molecule has 0 radical (unpaired) electrons. The molecule has 2 aromatic rings. The number of aryl methyl sites for hydroxylation is 1. The summed E-state index contributed by atoms with van der Waals surface area (Å²) in [6.45, 7) is 2.15. The Morgan fingerprint density at radius 1 is 1.18 bits per heavy atom. The van der Waals surface area contributed by atoms with Crippen LogP contribution in [0.15, 0.2) is 28.8 Å². The Bertz CT molecular complexity index is 593. The zero-order valence-electron chi connectivity index (χ0n) is 12.5. The van der Waals surface area contributed by atoms with Crippen LogP contribution in [0.4, 0.5) is 13.2 Å². The Balaban J connectivity index is 1.95. The van der Waals surface area contributed by atoms with E-state index >= 15 is 0 Å². The molecule has 0 bridgehead atoms. The van der Waals surface area contributed by atoms with Crippen LogP contribution in [0.3, 0.4) is 0 Å². The van der Waals surface area contributed by atoms with Crippen molar-refractivity contribution in [3.63, 3.8) is 0 Å². The van der Waals surface area contributed by atoms with Crippen molar-refractivity contribution in [1.29, 1.82) is 0 Å². The number of hydrogen-bond acceptors (Lipinski definition) is 4. The molecule has 0 fully saturated rings. The molecule has 0 N–H and O–H groups in total. The second-order valence-corrected chi connectivity index (χ2v) is 5.17. The lowest BCUT2D eigenvalue weighted by Gasteiger charge is -2.15. The van der Waals surface area contributed by atoms with Gasteiger partial charge in [0.2, 0.25) is 11.7 Å². The predicted molar refractivity (Wildman–Crippen MR) is 76.1 cm³/mol. The molecule has 4 nitrogen and oxygen atoms in total. The summed E-state index contributed by atoms with van der Waals surface area (Å²) in [6, 6.07) is 7.78. The van der Waals surface area contributed by atoms with Gasteiger partial charge in [0.15, 0.2) is 0 Å². The number of hydrogen-bond donors (Lipinski definition) is 0. The van der Waals surface area contributed by atoms with Crippen LogP contribution in [-0.4, -0.2) is 34.8 Å². The predicted octanol–water partition coefficient (Wildman–Crippen LogP) is 3.68. The number of alkyl halides is 3. The smallest absolute Gasteiger partial charge is 0.338 e. The summed E-state index contributed by atoms with van der Waals surface area (Å²) in [5.41, 5.74) is 2.03. The van der Waals surface area contributed by atoms with Gasteiger partial charge in [-0.1, -0.05) is 36.3 Å². The second-order valence-electron chi connectivity index (χ2n) is 5.17. The van der Waals surface area contributed by atoms with Gasteiger partial charge in [0.05, 0.1) is 13.0 Å². The van der Waals surface area contributed by atoms with Crippen LogP contribution in [0.5, 0.6) is 0 Å². The molecule has 22 heavy (non-hydrogen) atoms. The molecule has 0 amide bonds. The molecule has 1 aromatic heterocycles. The lowest BCUT2D eigenvalue weighted by molar-refractivity contribution is -0.137. The Labute approximate surface area is 126 Å². The third kappa shape index (κ3) is 4.84. The van der Waals surface area contributed by atoms with E-state index in [-0.39, 0.29) is 13.1 Å². The zero-order chi connectivity index (χ0) is 16.2. The van der Waals surface area contributed by atoms with Gasteiger partial charge in [-0.15, -0.1) is 0 Å². The van der Waals surface area contributed by atoms with Crippen LogP contribution in [-0.2, 0) is 13.0 Å². The van der Waals surface area contributed by atoms with Gasteiger partial charge in [0.1, 0.15) is 0 Å². The summed E-state index contributed by atoms with van der Waals surface area (Å²) in [7, 11) is 1.59. The average molecular weight is 313 g/mol. The zero-order valence-corrected chi connectivity index (χ0v) is 12.5. The van der Waals surface area contributed by atoms with Crippen molar-refractivity contribution in [3.8, 4) is 11.4 Å². The molecule has 0 spiro atoms. The highest BCUT2D eigenvalue weighted by Gasteiger charge is 2.27. The second kappa shape index (κ2) is 6.91. The van der Waals surface area contributed by atoms with E-state index in [9.17, 15) is 13.2 Å². The minimum atomic E-state index is -4.16. The molecule has 0 atom stereocenters. The summed E-state index contributed by atoms with van der Waals surface area (Å²) in [6.07, 6.45) is -4.07. The van der Waals surface area contributed by atoms with Crippen LogP contribution < -0.4 is 0 Å². The minimum absolute atomic E-state index is 0.105. The molecule has 0 saturated heterocycles. The standard InChI is InChI=1S/C15H18F3N3O/c1-3-11-4-6-12(7-5-11)14-19-13(22-20-14)10-21(2)9-8-15(16,17)18/h4-7H,3,8-10H2,1-2H3. The number of nitrogens with zero attached hydrogens (tertiary/aromatic N) is 3. The monoisotopic (exact) mass is 313 g/mol. The fraction of sp³-hybridized carbons (Fsp3) is 0.467. The van der Waals surface area contributed by atoms with E-state index in [1.54, 1.807) is 7.05 Å². The Hall–Kier alpha value is -1.89. The molecule has 1 aromatic carbocycles. The topological polar surface area (TPSA) is 42.2 Å². The third-order valence-electron chi connectivity index (χ3n) is 3.27. The first-order chi connectivity index (χ1) is 10.4. The molecule has 1 heterocycles. The SMILES string of the molecule is CCc1ccc(-c2noc(CN(C)CCC(F)(F)F)n2)cc1. The molecular weight excluding hydrogens is 295 g/mol. The van der Waals surface area contributed by atoms with Crippen molar-refractivity contribution >= 4 is 0 Å². The molecule has 7 heteroatoms. The molecule has 0 unspecified atom stereocenters. The summed E-state index contributed by atoms with van der Waals surface area (Å²) < 4.78 is 41.6. The summed E-state index contributed by atoms with van der Waals surface area (Å²) >= 11 is 0. The highest BCUT2D eigenvalue weighted by molar-refractivity contribution is 5.54. The van der Waals surface area contributed by atoms with Gasteiger partial charge in [0, 0.05) is 12.1 Å². The van der Waals surface area contributed by atoms with E-state index in [1.807, 2.05) is 24.3 Å². The molecule has 0 aliphatic heterocycles. The Kier molecular flexibility index (Phi) is 5.18. The van der Waals surface area contributed by atoms with Crippen molar-refractivity contribution in [3.05, 3.63) is 35.7 Å². The molecular formula is C15H18F3N3O. The molecule has 0 aliphatic carbocycles. The first-order valence-corrected chi connectivity index (χ1v) is 7.04. The van der Waals surface area contributed by atoms with Crippen molar-refractivity contribution in [2.45, 2.75) is 32.5 Å². The van der Waals surface area contributed by atoms with Crippen LogP contribution in [0, 0.1) is 0 Å². The maximum Gasteiger partial charge on any atom is 0.390 e. The van der Waals surface area contributed by atoms with Crippen LogP contribution >= 0.6 is 0 Å². The number of halogens is 3. The van der Waals surface area contributed by atoms with E-state index in [2.05, 4.69) is 17.1 Å². The van der Waals surface area contributed by atoms with Gasteiger partial charge in [-0.2, -0.15) is 18.2 Å². The molecule has 2 rings (SSSR count). The largest absolute Gasteiger partial charge is 0.390 e. The van der Waals surface area contributed by atoms with Gasteiger partial charge in [-0.05, 0) is 19.0 Å².